The molecule has 1 aromatic carbocycles. The maximum absolute atomic E-state index is 14.4. The fourth-order valence-corrected chi connectivity index (χ4v) is 2.19. The van der Waals surface area contributed by atoms with Crippen LogP contribution in [0.15, 0.2) is 24.3 Å². The van der Waals surface area contributed by atoms with Gasteiger partial charge in [-0.25, -0.2) is 9.37 Å². The normalized spacial score (nSPS) is 12.9. The zero-order valence-electron chi connectivity index (χ0n) is 10.6. The summed E-state index contributed by atoms with van der Waals surface area (Å²) >= 11 is 0. The van der Waals surface area contributed by atoms with Crippen molar-refractivity contribution < 1.29 is 4.39 Å². The Hall–Kier alpha value is -1.44. The van der Waals surface area contributed by atoms with Crippen LogP contribution in [0.2, 0.25) is 0 Å². The van der Waals surface area contributed by atoms with Crippen LogP contribution in [0.3, 0.4) is 0 Å². The van der Waals surface area contributed by atoms with Crippen LogP contribution < -0.4 is 0 Å². The summed E-state index contributed by atoms with van der Waals surface area (Å²) in [5.74, 6) is 0.119. The lowest BCUT2D eigenvalue weighted by molar-refractivity contribution is 0.568. The van der Waals surface area contributed by atoms with Gasteiger partial charge in [-0.05, 0) is 24.8 Å². The lowest BCUT2D eigenvalue weighted by atomic mass is 9.93. The van der Waals surface area contributed by atoms with Gasteiger partial charge in [0.05, 0.1) is 11.2 Å². The molecule has 2 rings (SSSR count). The monoisotopic (exact) mass is 231 g/mol. The van der Waals surface area contributed by atoms with Crippen molar-refractivity contribution in [3.8, 4) is 0 Å². The van der Waals surface area contributed by atoms with Crippen molar-refractivity contribution in [2.75, 3.05) is 0 Å². The third-order valence-corrected chi connectivity index (χ3v) is 3.38. The number of benzene rings is 1. The molecule has 0 spiro atoms. The summed E-state index contributed by atoms with van der Waals surface area (Å²) in [7, 11) is 0. The van der Waals surface area contributed by atoms with E-state index in [0.717, 1.165) is 22.9 Å². The van der Waals surface area contributed by atoms with E-state index in [-0.39, 0.29) is 11.7 Å². The minimum absolute atomic E-state index is 0.111. The van der Waals surface area contributed by atoms with Gasteiger partial charge in [-0.3, -0.25) is 0 Å². The third kappa shape index (κ3) is 2.04. The Morgan fingerprint density at radius 3 is 2.59 bits per heavy atom. The Morgan fingerprint density at radius 2 is 1.94 bits per heavy atom. The summed E-state index contributed by atoms with van der Waals surface area (Å²) in [4.78, 5) is 4.40. The number of aromatic nitrogens is 1. The first-order chi connectivity index (χ1) is 8.19. The molecule has 17 heavy (non-hydrogen) atoms. The molecule has 0 radical (unpaired) electrons. The van der Waals surface area contributed by atoms with Gasteiger partial charge >= 0.3 is 0 Å². The van der Waals surface area contributed by atoms with Crippen LogP contribution in [0.4, 0.5) is 4.39 Å². The first-order valence-electron chi connectivity index (χ1n) is 6.26. The standard InChI is InChI=1S/C15H18FN/c1-4-10(3)14-11-8-6-7-9-13(11)17-12(5-2)15(14)16/h6-10H,4-5H2,1-3H3. The maximum atomic E-state index is 14.4. The Labute approximate surface area is 102 Å². The van der Waals surface area contributed by atoms with Gasteiger partial charge in [0.25, 0.3) is 0 Å². The molecule has 0 bridgehead atoms. The number of fused-ring (bicyclic) bond motifs is 1. The summed E-state index contributed by atoms with van der Waals surface area (Å²) < 4.78 is 14.4. The molecule has 0 aliphatic heterocycles. The smallest absolute Gasteiger partial charge is 0.148 e. The first-order valence-corrected chi connectivity index (χ1v) is 6.26. The highest BCUT2D eigenvalue weighted by molar-refractivity contribution is 5.83. The first kappa shape index (κ1) is 12.0. The van der Waals surface area contributed by atoms with Gasteiger partial charge in [0.15, 0.2) is 0 Å². The summed E-state index contributed by atoms with van der Waals surface area (Å²) in [6.07, 6.45) is 1.58. The van der Waals surface area contributed by atoms with E-state index in [1.807, 2.05) is 31.2 Å². The van der Waals surface area contributed by atoms with Gasteiger partial charge in [-0.15, -0.1) is 0 Å². The van der Waals surface area contributed by atoms with Crippen LogP contribution in [0.25, 0.3) is 10.9 Å². The zero-order chi connectivity index (χ0) is 12.4. The van der Waals surface area contributed by atoms with Crippen molar-refractivity contribution in [3.05, 3.63) is 41.3 Å². The molecule has 0 saturated carbocycles. The largest absolute Gasteiger partial charge is 0.250 e. The molecule has 0 aliphatic rings. The maximum Gasteiger partial charge on any atom is 0.148 e. The molecular formula is C15H18FN. The molecule has 0 N–H and O–H groups in total. The van der Waals surface area contributed by atoms with Crippen LogP contribution in [0.5, 0.6) is 0 Å². The van der Waals surface area contributed by atoms with Crippen molar-refractivity contribution in [2.24, 2.45) is 0 Å². The van der Waals surface area contributed by atoms with Crippen LogP contribution >= 0.6 is 0 Å². The van der Waals surface area contributed by atoms with E-state index >= 15 is 0 Å². The molecule has 90 valence electrons. The summed E-state index contributed by atoms with van der Waals surface area (Å²) in [6, 6.07) is 7.82. The second kappa shape index (κ2) is 4.82. The second-order valence-corrected chi connectivity index (χ2v) is 4.47. The SMILES string of the molecule is CCc1nc2ccccc2c(C(C)CC)c1F. The molecule has 0 amide bonds. The quantitative estimate of drug-likeness (QED) is 0.760. The predicted molar refractivity (Wildman–Crippen MR) is 69.8 cm³/mol. The molecule has 0 fully saturated rings. The third-order valence-electron chi connectivity index (χ3n) is 3.38. The minimum atomic E-state index is -0.111. The van der Waals surface area contributed by atoms with Crippen molar-refractivity contribution in [3.63, 3.8) is 0 Å². The Balaban J connectivity index is 2.80. The van der Waals surface area contributed by atoms with E-state index in [0.29, 0.717) is 12.1 Å². The Morgan fingerprint density at radius 1 is 1.24 bits per heavy atom. The lowest BCUT2D eigenvalue weighted by Gasteiger charge is -2.15. The fourth-order valence-electron chi connectivity index (χ4n) is 2.19. The summed E-state index contributed by atoms with van der Waals surface area (Å²) in [5, 5.41) is 0.955. The van der Waals surface area contributed by atoms with Gasteiger partial charge in [-0.1, -0.05) is 39.0 Å². The topological polar surface area (TPSA) is 12.9 Å². The molecule has 1 atom stereocenters. The predicted octanol–water partition coefficient (Wildman–Crippen LogP) is 4.45. The van der Waals surface area contributed by atoms with E-state index in [4.69, 9.17) is 0 Å². The van der Waals surface area contributed by atoms with E-state index < -0.39 is 0 Å². The van der Waals surface area contributed by atoms with Crippen LogP contribution in [-0.2, 0) is 6.42 Å². The molecule has 1 unspecified atom stereocenters. The van der Waals surface area contributed by atoms with Gasteiger partial charge in [0.1, 0.15) is 5.82 Å². The number of para-hydroxylation sites is 1. The van der Waals surface area contributed by atoms with Crippen LogP contribution in [0, 0.1) is 5.82 Å². The number of rotatable bonds is 3. The van der Waals surface area contributed by atoms with E-state index in [9.17, 15) is 4.39 Å². The van der Waals surface area contributed by atoms with Crippen LogP contribution in [0.1, 0.15) is 44.4 Å². The van der Waals surface area contributed by atoms with Gasteiger partial charge in [0, 0.05) is 10.9 Å². The fraction of sp³-hybridized carbons (Fsp3) is 0.400. The van der Waals surface area contributed by atoms with Crippen molar-refractivity contribution in [1.29, 1.82) is 0 Å². The average molecular weight is 231 g/mol. The highest BCUT2D eigenvalue weighted by Crippen LogP contribution is 2.30. The minimum Gasteiger partial charge on any atom is -0.250 e. The Kier molecular flexibility index (Phi) is 3.41. The molecule has 2 heteroatoms. The molecular weight excluding hydrogens is 213 g/mol. The molecule has 0 aliphatic carbocycles. The van der Waals surface area contributed by atoms with Gasteiger partial charge in [-0.2, -0.15) is 0 Å². The molecule has 1 heterocycles. The number of hydrogen-bond donors (Lipinski definition) is 0. The number of nitrogens with zero attached hydrogens (tertiary/aromatic N) is 1. The molecule has 1 nitrogen and oxygen atoms in total. The van der Waals surface area contributed by atoms with Gasteiger partial charge in [0.2, 0.25) is 0 Å². The number of pyridine rings is 1. The molecule has 0 saturated heterocycles. The van der Waals surface area contributed by atoms with Crippen LogP contribution in [-0.4, -0.2) is 4.98 Å². The number of halogens is 1. The summed E-state index contributed by atoms with van der Waals surface area (Å²) in [6.45, 7) is 6.11. The molecule has 2 aromatic rings. The second-order valence-electron chi connectivity index (χ2n) is 4.47. The van der Waals surface area contributed by atoms with Crippen molar-refractivity contribution in [2.45, 2.75) is 39.5 Å². The lowest BCUT2D eigenvalue weighted by Crippen LogP contribution is -2.04. The average Bonchev–Trinajstić information content (AvgIpc) is 2.37. The van der Waals surface area contributed by atoms with E-state index in [2.05, 4.69) is 18.8 Å². The number of aryl methyl sites for hydroxylation is 1. The van der Waals surface area contributed by atoms with Crippen molar-refractivity contribution >= 4 is 10.9 Å². The highest BCUT2D eigenvalue weighted by atomic mass is 19.1. The summed E-state index contributed by atoms with van der Waals surface area (Å²) in [5.41, 5.74) is 2.31. The van der Waals surface area contributed by atoms with E-state index in [1.165, 1.54) is 0 Å². The zero-order valence-corrected chi connectivity index (χ0v) is 10.6. The Bertz CT molecular complexity index is 534. The highest BCUT2D eigenvalue weighted by Gasteiger charge is 2.17. The van der Waals surface area contributed by atoms with E-state index in [1.54, 1.807) is 0 Å². The number of hydrogen-bond acceptors (Lipinski definition) is 1. The van der Waals surface area contributed by atoms with Crippen molar-refractivity contribution in [1.82, 2.24) is 4.98 Å². The molecule has 1 aromatic heterocycles. The van der Waals surface area contributed by atoms with Gasteiger partial charge < -0.3 is 0 Å².